The van der Waals surface area contributed by atoms with E-state index in [4.69, 9.17) is 15.6 Å². The number of ether oxygens (including phenoxy) is 1. The Hall–Kier alpha value is -1.56. The maximum absolute atomic E-state index is 6.16. The average Bonchev–Trinajstić information content (AvgIpc) is 3.02. The molecule has 2 aromatic rings. The summed E-state index contributed by atoms with van der Waals surface area (Å²) in [4.78, 5) is 2.45. The minimum absolute atomic E-state index is 0. The molecule has 0 bridgehead atoms. The highest BCUT2D eigenvalue weighted by Gasteiger charge is 2.27. The summed E-state index contributed by atoms with van der Waals surface area (Å²) in [6.07, 6.45) is 0. The number of hydrogen-bond donors (Lipinski definition) is 1. The van der Waals surface area contributed by atoms with Crippen LogP contribution in [0.4, 0.5) is 0 Å². The Morgan fingerprint density at radius 2 is 1.84 bits per heavy atom. The molecule has 2 unspecified atom stereocenters. The number of hydrogen-bond acceptors (Lipinski definition) is 4. The summed E-state index contributed by atoms with van der Waals surface area (Å²) < 4.78 is 7.32. The molecule has 0 radical (unpaired) electrons. The molecule has 1 saturated heterocycles. The topological polar surface area (TPSA) is 56.3 Å². The van der Waals surface area contributed by atoms with Crippen molar-refractivity contribution < 1.29 is 4.74 Å². The normalized spacial score (nSPS) is 20.5. The third-order valence-electron chi connectivity index (χ3n) is 5.15. The van der Waals surface area contributed by atoms with Gasteiger partial charge in [0.15, 0.2) is 0 Å². The highest BCUT2D eigenvalue weighted by Crippen LogP contribution is 2.22. The van der Waals surface area contributed by atoms with Gasteiger partial charge in [0.05, 0.1) is 19.3 Å². The number of benzene rings is 1. The highest BCUT2D eigenvalue weighted by atomic mass is 35.5. The van der Waals surface area contributed by atoms with Crippen LogP contribution in [0.5, 0.6) is 5.75 Å². The largest absolute Gasteiger partial charge is 0.497 e. The van der Waals surface area contributed by atoms with E-state index in [2.05, 4.69) is 42.5 Å². The first-order valence-corrected chi connectivity index (χ1v) is 8.61. The fraction of sp³-hybridized carbons (Fsp3) is 0.526. The second-order valence-corrected chi connectivity index (χ2v) is 6.99. The molecule has 3 rings (SSSR count). The second kappa shape index (κ2) is 8.21. The Morgan fingerprint density at radius 3 is 2.40 bits per heavy atom. The summed E-state index contributed by atoms with van der Waals surface area (Å²) in [5.74, 6) is 1.45. The Kier molecular flexibility index (Phi) is 6.49. The molecule has 2 heterocycles. The lowest BCUT2D eigenvalue weighted by Gasteiger charge is -2.15. The number of rotatable bonds is 5. The minimum Gasteiger partial charge on any atom is -0.497 e. The molecule has 25 heavy (non-hydrogen) atoms. The van der Waals surface area contributed by atoms with E-state index in [-0.39, 0.29) is 12.4 Å². The Bertz CT molecular complexity index is 688. The first-order chi connectivity index (χ1) is 11.5. The van der Waals surface area contributed by atoms with E-state index in [0.717, 1.165) is 37.6 Å². The lowest BCUT2D eigenvalue weighted by atomic mass is 10.1. The molecular formula is C19H29ClN4O. The van der Waals surface area contributed by atoms with E-state index < -0.39 is 0 Å². The number of aromatic nitrogens is 2. The molecule has 1 aliphatic rings. The van der Waals surface area contributed by atoms with E-state index in [1.54, 1.807) is 7.11 Å². The van der Waals surface area contributed by atoms with Crippen LogP contribution >= 0.6 is 12.4 Å². The van der Waals surface area contributed by atoms with Gasteiger partial charge in [-0.25, -0.2) is 0 Å². The molecule has 2 N–H and O–H groups in total. The van der Waals surface area contributed by atoms with Gasteiger partial charge in [0, 0.05) is 36.9 Å². The lowest BCUT2D eigenvalue weighted by Crippen LogP contribution is -2.28. The first kappa shape index (κ1) is 19.8. The van der Waals surface area contributed by atoms with Gasteiger partial charge in [-0.1, -0.05) is 19.1 Å². The first-order valence-electron chi connectivity index (χ1n) is 8.61. The Labute approximate surface area is 156 Å². The van der Waals surface area contributed by atoms with Gasteiger partial charge in [0.25, 0.3) is 0 Å². The van der Waals surface area contributed by atoms with Crippen molar-refractivity contribution in [3.05, 3.63) is 46.8 Å². The minimum atomic E-state index is 0. The molecule has 6 heteroatoms. The van der Waals surface area contributed by atoms with Gasteiger partial charge in [-0.2, -0.15) is 5.10 Å². The third kappa shape index (κ3) is 4.35. The number of nitrogens with two attached hydrogens (primary N) is 1. The van der Waals surface area contributed by atoms with Crippen molar-refractivity contribution in [3.8, 4) is 5.75 Å². The van der Waals surface area contributed by atoms with Crippen molar-refractivity contribution >= 4 is 12.4 Å². The number of nitrogens with zero attached hydrogens (tertiary/aromatic N) is 3. The summed E-state index contributed by atoms with van der Waals surface area (Å²) in [5, 5.41) is 4.76. The maximum atomic E-state index is 6.16. The van der Waals surface area contributed by atoms with Crippen molar-refractivity contribution in [3.63, 3.8) is 0 Å². The van der Waals surface area contributed by atoms with Crippen LogP contribution in [0, 0.1) is 19.8 Å². The van der Waals surface area contributed by atoms with Crippen LogP contribution in [-0.4, -0.2) is 40.9 Å². The van der Waals surface area contributed by atoms with Crippen LogP contribution in [0.1, 0.15) is 29.4 Å². The second-order valence-electron chi connectivity index (χ2n) is 6.99. The number of methoxy groups -OCH3 is 1. The summed E-state index contributed by atoms with van der Waals surface area (Å²) in [6, 6.07) is 8.47. The molecule has 0 amide bonds. The molecule has 5 nitrogen and oxygen atoms in total. The van der Waals surface area contributed by atoms with Crippen molar-refractivity contribution in [2.45, 2.75) is 39.9 Å². The van der Waals surface area contributed by atoms with Crippen LogP contribution in [0.3, 0.4) is 0 Å². The number of likely N-dealkylation sites (tertiary alicyclic amines) is 1. The monoisotopic (exact) mass is 364 g/mol. The highest BCUT2D eigenvalue weighted by molar-refractivity contribution is 5.85. The molecule has 1 fully saturated rings. The van der Waals surface area contributed by atoms with Crippen molar-refractivity contribution in [1.29, 1.82) is 0 Å². The smallest absolute Gasteiger partial charge is 0.118 e. The number of aryl methyl sites for hydroxylation is 1. The van der Waals surface area contributed by atoms with Crippen molar-refractivity contribution in [2.24, 2.45) is 11.7 Å². The molecule has 0 spiro atoms. The molecule has 1 aromatic heterocycles. The van der Waals surface area contributed by atoms with Crippen molar-refractivity contribution in [2.75, 3.05) is 20.2 Å². The van der Waals surface area contributed by atoms with Gasteiger partial charge in [-0.05, 0) is 37.5 Å². The summed E-state index contributed by atoms with van der Waals surface area (Å²) in [5.41, 5.74) is 11.1. The van der Waals surface area contributed by atoms with E-state index in [1.807, 2.05) is 12.1 Å². The number of halogens is 1. The van der Waals surface area contributed by atoms with Gasteiger partial charge >= 0.3 is 0 Å². The van der Waals surface area contributed by atoms with Crippen LogP contribution in [0.25, 0.3) is 0 Å². The zero-order chi connectivity index (χ0) is 17.3. The fourth-order valence-electron chi connectivity index (χ4n) is 3.47. The molecular weight excluding hydrogens is 336 g/mol. The van der Waals surface area contributed by atoms with E-state index in [9.17, 15) is 0 Å². The fourth-order valence-corrected chi connectivity index (χ4v) is 3.47. The standard InChI is InChI=1S/C19H28N4O.ClH/c1-13-9-22(12-19(13)20)11-18-14(2)21-23(15(18)3)10-16-5-7-17(24-4)8-6-16;/h5-8,13,19H,9-12,20H2,1-4H3;1H. The molecule has 0 saturated carbocycles. The van der Waals surface area contributed by atoms with Gasteiger partial charge in [-0.3, -0.25) is 9.58 Å². The Morgan fingerprint density at radius 1 is 1.16 bits per heavy atom. The third-order valence-corrected chi connectivity index (χ3v) is 5.15. The zero-order valence-electron chi connectivity index (χ0n) is 15.5. The summed E-state index contributed by atoms with van der Waals surface area (Å²) in [7, 11) is 1.69. The quantitative estimate of drug-likeness (QED) is 0.886. The summed E-state index contributed by atoms with van der Waals surface area (Å²) >= 11 is 0. The van der Waals surface area contributed by atoms with Gasteiger partial charge in [-0.15, -0.1) is 12.4 Å². The SMILES string of the molecule is COc1ccc(Cn2nc(C)c(CN3CC(C)C(N)C3)c2C)cc1.Cl. The van der Waals surface area contributed by atoms with Crippen LogP contribution in [0.15, 0.2) is 24.3 Å². The van der Waals surface area contributed by atoms with E-state index in [1.165, 1.54) is 16.8 Å². The Balaban J connectivity index is 0.00000225. The van der Waals surface area contributed by atoms with E-state index in [0.29, 0.717) is 12.0 Å². The molecule has 0 aliphatic carbocycles. The van der Waals surface area contributed by atoms with Gasteiger partial charge in [0.2, 0.25) is 0 Å². The molecule has 1 aliphatic heterocycles. The predicted molar refractivity (Wildman–Crippen MR) is 103 cm³/mol. The van der Waals surface area contributed by atoms with Crippen LogP contribution in [-0.2, 0) is 13.1 Å². The maximum Gasteiger partial charge on any atom is 0.118 e. The van der Waals surface area contributed by atoms with Crippen LogP contribution < -0.4 is 10.5 Å². The molecule has 2 atom stereocenters. The molecule has 1 aromatic carbocycles. The van der Waals surface area contributed by atoms with Gasteiger partial charge in [0.1, 0.15) is 5.75 Å². The average molecular weight is 365 g/mol. The predicted octanol–water partition coefficient (Wildman–Crippen LogP) is 2.76. The van der Waals surface area contributed by atoms with Crippen LogP contribution in [0.2, 0.25) is 0 Å². The van der Waals surface area contributed by atoms with E-state index >= 15 is 0 Å². The zero-order valence-corrected chi connectivity index (χ0v) is 16.3. The van der Waals surface area contributed by atoms with Gasteiger partial charge < -0.3 is 10.5 Å². The molecule has 138 valence electrons. The summed E-state index contributed by atoms with van der Waals surface area (Å²) in [6.45, 7) is 10.3. The van der Waals surface area contributed by atoms with Crippen molar-refractivity contribution in [1.82, 2.24) is 14.7 Å². The lowest BCUT2D eigenvalue weighted by molar-refractivity contribution is 0.317.